The molecular weight excluding hydrogens is 326 g/mol. The molecule has 1 aromatic carbocycles. The number of rotatable bonds is 6. The van der Waals surface area contributed by atoms with Crippen LogP contribution in [0.15, 0.2) is 22.6 Å². The molecule has 24 heavy (non-hydrogen) atoms. The van der Waals surface area contributed by atoms with Crippen molar-refractivity contribution in [2.75, 3.05) is 19.6 Å². The number of fused-ring (bicyclic) bond motifs is 1. The van der Waals surface area contributed by atoms with Gasteiger partial charge in [-0.05, 0) is 56.8 Å². The summed E-state index contributed by atoms with van der Waals surface area (Å²) in [6.07, 6.45) is 4.63. The van der Waals surface area contributed by atoms with Crippen LogP contribution in [-0.4, -0.2) is 30.5 Å². The Morgan fingerprint density at radius 3 is 2.92 bits per heavy atom. The first-order valence-electron chi connectivity index (χ1n) is 8.55. The van der Waals surface area contributed by atoms with Crippen molar-refractivity contribution in [3.63, 3.8) is 0 Å². The highest BCUT2D eigenvalue weighted by atomic mass is 35.5. The van der Waals surface area contributed by atoms with E-state index in [1.54, 1.807) is 0 Å². The number of oxazole rings is 1. The quantitative estimate of drug-likeness (QED) is 0.839. The number of aryl methyl sites for hydroxylation is 1. The van der Waals surface area contributed by atoms with E-state index >= 15 is 0 Å². The van der Waals surface area contributed by atoms with Gasteiger partial charge >= 0.3 is 0 Å². The predicted molar refractivity (Wildman–Crippen MR) is 97.5 cm³/mol. The molecule has 0 bridgehead atoms. The van der Waals surface area contributed by atoms with Crippen LogP contribution in [0.2, 0.25) is 0 Å². The molecule has 0 aliphatic carbocycles. The first-order chi connectivity index (χ1) is 11.2. The maximum Gasteiger partial charge on any atom is 0.220 e. The second-order valence-electron chi connectivity index (χ2n) is 6.36. The number of hydrogen-bond acceptors (Lipinski definition) is 4. The van der Waals surface area contributed by atoms with Crippen LogP contribution in [-0.2, 0) is 11.2 Å². The van der Waals surface area contributed by atoms with Crippen molar-refractivity contribution in [2.45, 2.75) is 39.0 Å². The van der Waals surface area contributed by atoms with Crippen LogP contribution in [0.3, 0.4) is 0 Å². The summed E-state index contributed by atoms with van der Waals surface area (Å²) in [6, 6.07) is 5.92. The number of nitrogens with one attached hydrogen (secondary N) is 2. The number of aromatic nitrogens is 1. The van der Waals surface area contributed by atoms with Crippen molar-refractivity contribution in [2.24, 2.45) is 5.92 Å². The molecule has 0 atom stereocenters. The third-order valence-corrected chi connectivity index (χ3v) is 4.56. The van der Waals surface area contributed by atoms with Crippen LogP contribution in [0.5, 0.6) is 0 Å². The zero-order valence-corrected chi connectivity index (χ0v) is 15.0. The number of amides is 1. The Morgan fingerprint density at radius 2 is 2.17 bits per heavy atom. The molecule has 2 N–H and O–H groups in total. The van der Waals surface area contributed by atoms with Gasteiger partial charge in [0.2, 0.25) is 5.91 Å². The van der Waals surface area contributed by atoms with Gasteiger partial charge in [-0.1, -0.05) is 12.1 Å². The SMILES string of the molecule is Cc1cccc2oc(CCNC(=O)CCC3CCNCC3)nc12.Cl. The molecule has 1 saturated heterocycles. The third-order valence-electron chi connectivity index (χ3n) is 4.56. The number of carbonyl (C=O) groups excluding carboxylic acids is 1. The smallest absolute Gasteiger partial charge is 0.220 e. The highest BCUT2D eigenvalue weighted by Gasteiger charge is 2.14. The summed E-state index contributed by atoms with van der Waals surface area (Å²) in [6.45, 7) is 4.78. The second-order valence-corrected chi connectivity index (χ2v) is 6.36. The number of carbonyl (C=O) groups is 1. The van der Waals surface area contributed by atoms with Gasteiger partial charge in [-0.2, -0.15) is 0 Å². The average molecular weight is 352 g/mol. The van der Waals surface area contributed by atoms with E-state index in [0.29, 0.717) is 31.2 Å². The molecule has 5 nitrogen and oxygen atoms in total. The summed E-state index contributed by atoms with van der Waals surface area (Å²) >= 11 is 0. The largest absolute Gasteiger partial charge is 0.441 e. The summed E-state index contributed by atoms with van der Waals surface area (Å²) in [5.74, 6) is 1.52. The van der Waals surface area contributed by atoms with Crippen molar-refractivity contribution < 1.29 is 9.21 Å². The van der Waals surface area contributed by atoms with Gasteiger partial charge in [-0.3, -0.25) is 4.79 Å². The molecule has 1 fully saturated rings. The van der Waals surface area contributed by atoms with Gasteiger partial charge in [-0.15, -0.1) is 12.4 Å². The lowest BCUT2D eigenvalue weighted by Gasteiger charge is -2.22. The van der Waals surface area contributed by atoms with Crippen LogP contribution in [0.4, 0.5) is 0 Å². The van der Waals surface area contributed by atoms with Crippen molar-refractivity contribution in [1.29, 1.82) is 0 Å². The normalized spacial score (nSPS) is 15.2. The summed E-state index contributed by atoms with van der Waals surface area (Å²) in [7, 11) is 0. The molecule has 0 spiro atoms. The maximum absolute atomic E-state index is 11.9. The lowest BCUT2D eigenvalue weighted by molar-refractivity contribution is -0.121. The lowest BCUT2D eigenvalue weighted by atomic mass is 9.93. The zero-order chi connectivity index (χ0) is 16.1. The molecular formula is C18H26ClN3O2. The average Bonchev–Trinajstić information content (AvgIpc) is 2.98. The number of nitrogens with zero attached hydrogens (tertiary/aromatic N) is 1. The number of halogens is 1. The van der Waals surface area contributed by atoms with Crippen LogP contribution < -0.4 is 10.6 Å². The van der Waals surface area contributed by atoms with Crippen molar-refractivity contribution in [1.82, 2.24) is 15.6 Å². The van der Waals surface area contributed by atoms with E-state index < -0.39 is 0 Å². The Morgan fingerprint density at radius 1 is 1.38 bits per heavy atom. The molecule has 2 heterocycles. The van der Waals surface area contributed by atoms with Gasteiger partial charge in [0.15, 0.2) is 11.5 Å². The van der Waals surface area contributed by atoms with Gasteiger partial charge in [-0.25, -0.2) is 4.98 Å². The minimum absolute atomic E-state index is 0. The molecule has 0 saturated carbocycles. The fraction of sp³-hybridized carbons (Fsp3) is 0.556. The minimum atomic E-state index is 0. The molecule has 0 unspecified atom stereocenters. The van der Waals surface area contributed by atoms with E-state index in [2.05, 4.69) is 15.6 Å². The Kier molecular flexibility index (Phi) is 7.06. The molecule has 1 aliphatic heterocycles. The zero-order valence-electron chi connectivity index (χ0n) is 14.1. The Hall–Kier alpha value is -1.59. The molecule has 132 valence electrons. The van der Waals surface area contributed by atoms with Gasteiger partial charge in [0.05, 0.1) is 0 Å². The summed E-state index contributed by atoms with van der Waals surface area (Å²) in [5.41, 5.74) is 2.85. The molecule has 3 rings (SSSR count). The van der Waals surface area contributed by atoms with Crippen LogP contribution in [0.1, 0.15) is 37.1 Å². The minimum Gasteiger partial charge on any atom is -0.441 e. The van der Waals surface area contributed by atoms with E-state index in [0.717, 1.165) is 36.2 Å². The fourth-order valence-electron chi connectivity index (χ4n) is 3.14. The summed E-state index contributed by atoms with van der Waals surface area (Å²) < 4.78 is 5.72. The third kappa shape index (κ3) is 4.95. The first kappa shape index (κ1) is 18.7. The maximum atomic E-state index is 11.9. The van der Waals surface area contributed by atoms with E-state index in [9.17, 15) is 4.79 Å². The predicted octanol–water partition coefficient (Wildman–Crippen LogP) is 3.00. The number of para-hydroxylation sites is 1. The molecule has 1 amide bonds. The first-order valence-corrected chi connectivity index (χ1v) is 8.55. The standard InChI is InChI=1S/C18H25N3O2.ClH/c1-13-3-2-4-15-18(13)21-17(23-15)9-12-20-16(22)6-5-14-7-10-19-11-8-14;/h2-4,14,19H,5-12H2,1H3,(H,20,22);1H. The topological polar surface area (TPSA) is 67.2 Å². The molecule has 6 heteroatoms. The monoisotopic (exact) mass is 351 g/mol. The van der Waals surface area contributed by atoms with Gasteiger partial charge in [0.1, 0.15) is 5.52 Å². The molecule has 1 aliphatic rings. The Bertz CT molecular complexity index is 665. The van der Waals surface area contributed by atoms with Gasteiger partial charge in [0, 0.05) is 19.4 Å². The van der Waals surface area contributed by atoms with Gasteiger partial charge < -0.3 is 15.1 Å². The number of piperidine rings is 1. The van der Waals surface area contributed by atoms with E-state index in [1.165, 1.54) is 12.8 Å². The highest BCUT2D eigenvalue weighted by molar-refractivity contribution is 5.85. The summed E-state index contributed by atoms with van der Waals surface area (Å²) in [4.78, 5) is 16.4. The number of benzene rings is 1. The van der Waals surface area contributed by atoms with Gasteiger partial charge in [0.25, 0.3) is 0 Å². The van der Waals surface area contributed by atoms with Crippen LogP contribution in [0, 0.1) is 12.8 Å². The lowest BCUT2D eigenvalue weighted by Crippen LogP contribution is -2.30. The molecule has 2 aromatic rings. The van der Waals surface area contributed by atoms with Crippen molar-refractivity contribution in [3.8, 4) is 0 Å². The molecule has 0 radical (unpaired) electrons. The fourth-order valence-corrected chi connectivity index (χ4v) is 3.14. The van der Waals surface area contributed by atoms with Crippen LogP contribution >= 0.6 is 12.4 Å². The van der Waals surface area contributed by atoms with E-state index in [-0.39, 0.29) is 18.3 Å². The van der Waals surface area contributed by atoms with Crippen LogP contribution in [0.25, 0.3) is 11.1 Å². The van der Waals surface area contributed by atoms with E-state index in [4.69, 9.17) is 4.42 Å². The van der Waals surface area contributed by atoms with E-state index in [1.807, 2.05) is 25.1 Å². The Labute approximate surface area is 149 Å². The second kappa shape index (κ2) is 9.04. The number of hydrogen-bond donors (Lipinski definition) is 2. The van der Waals surface area contributed by atoms with Crippen molar-refractivity contribution >= 4 is 29.4 Å². The van der Waals surface area contributed by atoms with Crippen molar-refractivity contribution in [3.05, 3.63) is 29.7 Å². The highest BCUT2D eigenvalue weighted by Crippen LogP contribution is 2.19. The summed E-state index contributed by atoms with van der Waals surface area (Å²) in [5, 5.41) is 6.33. The molecule has 1 aromatic heterocycles. The Balaban J connectivity index is 0.00000208.